The minimum atomic E-state index is -0.154. The van der Waals surface area contributed by atoms with E-state index in [4.69, 9.17) is 9.15 Å². The van der Waals surface area contributed by atoms with Crippen molar-refractivity contribution in [3.05, 3.63) is 53.2 Å². The van der Waals surface area contributed by atoms with Crippen LogP contribution in [-0.2, 0) is 22.4 Å². The standard InChI is InChI=1S/C32H45N3O4/c1-2-33-29(36)18-15-23-13-6-7-14-24(23)20-25-27-16-17-28(39-27)30(25)32-35-26(21-38-32)31(37)34-19-9-8-12-22-10-4-3-5-11-22/h6-7,13-14,21-22,25,27-28,30H,2-5,8-12,15-20H2,1H3,(H,33,36)(H,34,37)/t25-,27-,28+,30-/m0/s1. The molecule has 2 aliphatic heterocycles. The fraction of sp³-hybridized carbons (Fsp3) is 0.656. The van der Waals surface area contributed by atoms with Gasteiger partial charge in [0.15, 0.2) is 5.69 Å². The van der Waals surface area contributed by atoms with Crippen LogP contribution in [0.4, 0.5) is 0 Å². The van der Waals surface area contributed by atoms with E-state index in [9.17, 15) is 9.59 Å². The van der Waals surface area contributed by atoms with E-state index < -0.39 is 0 Å². The van der Waals surface area contributed by atoms with Crippen LogP contribution in [0.1, 0.15) is 111 Å². The number of rotatable bonds is 13. The molecule has 2 saturated heterocycles. The lowest BCUT2D eigenvalue weighted by Crippen LogP contribution is -2.28. The Morgan fingerprint density at radius 1 is 0.974 bits per heavy atom. The zero-order valence-electron chi connectivity index (χ0n) is 23.5. The summed E-state index contributed by atoms with van der Waals surface area (Å²) < 4.78 is 12.3. The Kier molecular flexibility index (Phi) is 9.72. The summed E-state index contributed by atoms with van der Waals surface area (Å²) in [4.78, 5) is 29.5. The molecule has 212 valence electrons. The van der Waals surface area contributed by atoms with Crippen LogP contribution in [0, 0.1) is 11.8 Å². The Bertz CT molecular complexity index is 1090. The van der Waals surface area contributed by atoms with Crippen LogP contribution in [0.3, 0.4) is 0 Å². The van der Waals surface area contributed by atoms with Crippen molar-refractivity contribution < 1.29 is 18.7 Å². The third-order valence-corrected chi connectivity index (χ3v) is 9.08. The van der Waals surface area contributed by atoms with E-state index in [1.54, 1.807) is 0 Å². The maximum Gasteiger partial charge on any atom is 0.273 e. The zero-order valence-corrected chi connectivity index (χ0v) is 23.5. The first-order valence-corrected chi connectivity index (χ1v) is 15.3. The fourth-order valence-electron chi connectivity index (χ4n) is 7.04. The van der Waals surface area contributed by atoms with Crippen molar-refractivity contribution in [2.75, 3.05) is 13.1 Å². The number of aromatic nitrogens is 1. The molecule has 0 unspecified atom stereocenters. The fourth-order valence-corrected chi connectivity index (χ4v) is 7.04. The molecule has 3 fully saturated rings. The number of unbranched alkanes of at least 4 members (excludes halogenated alkanes) is 1. The summed E-state index contributed by atoms with van der Waals surface area (Å²) in [5.74, 6) is 1.72. The molecule has 7 nitrogen and oxygen atoms in total. The van der Waals surface area contributed by atoms with E-state index in [2.05, 4.69) is 33.8 Å². The van der Waals surface area contributed by atoms with E-state index in [1.165, 1.54) is 62.3 Å². The zero-order chi connectivity index (χ0) is 27.0. The van der Waals surface area contributed by atoms with Gasteiger partial charge in [0.05, 0.1) is 18.1 Å². The Morgan fingerprint density at radius 3 is 2.59 bits per heavy atom. The van der Waals surface area contributed by atoms with Crippen molar-refractivity contribution in [3.8, 4) is 0 Å². The SMILES string of the molecule is CCNC(=O)CCc1ccccc1C[C@@H]1[C@H](c2nc(C(=O)NCCCCC3CCCCC3)co2)[C@H]2CC[C@@H]1O2. The number of ether oxygens (including phenoxy) is 1. The molecular weight excluding hydrogens is 490 g/mol. The Labute approximate surface area is 232 Å². The molecule has 5 rings (SSSR count). The summed E-state index contributed by atoms with van der Waals surface area (Å²) in [6.07, 6.45) is 16.2. The first-order chi connectivity index (χ1) is 19.1. The maximum atomic E-state index is 12.8. The minimum Gasteiger partial charge on any atom is -0.448 e. The summed E-state index contributed by atoms with van der Waals surface area (Å²) >= 11 is 0. The van der Waals surface area contributed by atoms with E-state index in [0.717, 1.165) is 38.0 Å². The first-order valence-electron chi connectivity index (χ1n) is 15.3. The van der Waals surface area contributed by atoms with E-state index in [1.807, 2.05) is 13.0 Å². The molecule has 4 atom stereocenters. The van der Waals surface area contributed by atoms with Crippen molar-refractivity contribution in [2.45, 2.75) is 109 Å². The molecule has 7 heteroatoms. The number of carbonyl (C=O) groups is 2. The molecule has 1 aliphatic carbocycles. The van der Waals surface area contributed by atoms with Crippen molar-refractivity contribution in [1.29, 1.82) is 0 Å². The number of hydrogen-bond acceptors (Lipinski definition) is 5. The average Bonchev–Trinajstić information content (AvgIpc) is 3.70. The third kappa shape index (κ3) is 7.10. The van der Waals surface area contributed by atoms with Gasteiger partial charge >= 0.3 is 0 Å². The summed E-state index contributed by atoms with van der Waals surface area (Å²) in [6, 6.07) is 8.40. The van der Waals surface area contributed by atoms with Gasteiger partial charge in [-0.3, -0.25) is 9.59 Å². The van der Waals surface area contributed by atoms with Crippen LogP contribution in [-0.4, -0.2) is 42.1 Å². The number of nitrogens with one attached hydrogen (secondary N) is 2. The lowest BCUT2D eigenvalue weighted by atomic mass is 9.75. The molecule has 1 aromatic heterocycles. The first kappa shape index (κ1) is 27.9. The maximum absolute atomic E-state index is 12.8. The van der Waals surface area contributed by atoms with Crippen LogP contribution in [0.15, 0.2) is 34.9 Å². The molecule has 2 aromatic rings. The molecule has 2 bridgehead atoms. The topological polar surface area (TPSA) is 93.5 Å². The van der Waals surface area contributed by atoms with Crippen molar-refractivity contribution in [3.63, 3.8) is 0 Å². The minimum absolute atomic E-state index is 0.0391. The number of aryl methyl sites for hydroxylation is 1. The molecule has 0 spiro atoms. The van der Waals surface area contributed by atoms with Gasteiger partial charge in [-0.05, 0) is 56.1 Å². The van der Waals surface area contributed by atoms with E-state index in [-0.39, 0.29) is 35.9 Å². The second kappa shape index (κ2) is 13.6. The monoisotopic (exact) mass is 535 g/mol. The van der Waals surface area contributed by atoms with Gasteiger partial charge < -0.3 is 19.8 Å². The summed E-state index contributed by atoms with van der Waals surface area (Å²) in [5, 5.41) is 5.93. The second-order valence-electron chi connectivity index (χ2n) is 11.7. The number of oxazole rings is 1. The normalized spacial score (nSPS) is 24.6. The highest BCUT2D eigenvalue weighted by atomic mass is 16.5. The smallest absolute Gasteiger partial charge is 0.273 e. The van der Waals surface area contributed by atoms with Crippen molar-refractivity contribution >= 4 is 11.8 Å². The van der Waals surface area contributed by atoms with Gasteiger partial charge in [0.25, 0.3) is 5.91 Å². The van der Waals surface area contributed by atoms with Crippen LogP contribution in [0.25, 0.3) is 0 Å². The molecule has 2 N–H and O–H groups in total. The highest BCUT2D eigenvalue weighted by Crippen LogP contribution is 2.50. The average molecular weight is 536 g/mol. The van der Waals surface area contributed by atoms with Crippen LogP contribution in [0.5, 0.6) is 0 Å². The quantitative estimate of drug-likeness (QED) is 0.320. The van der Waals surface area contributed by atoms with Gasteiger partial charge in [0.1, 0.15) is 6.26 Å². The van der Waals surface area contributed by atoms with Gasteiger partial charge in [0.2, 0.25) is 11.8 Å². The predicted molar refractivity (Wildman–Crippen MR) is 151 cm³/mol. The largest absolute Gasteiger partial charge is 0.448 e. The van der Waals surface area contributed by atoms with E-state index in [0.29, 0.717) is 31.1 Å². The number of fused-ring (bicyclic) bond motifs is 2. The number of amides is 2. The molecule has 3 heterocycles. The Morgan fingerprint density at radius 2 is 1.77 bits per heavy atom. The van der Waals surface area contributed by atoms with Gasteiger partial charge in [-0.25, -0.2) is 4.98 Å². The predicted octanol–water partition coefficient (Wildman–Crippen LogP) is 5.73. The molecule has 0 radical (unpaired) electrons. The molecule has 1 saturated carbocycles. The Balaban J connectivity index is 1.16. The summed E-state index contributed by atoms with van der Waals surface area (Å²) in [7, 11) is 0. The molecule has 2 amide bonds. The third-order valence-electron chi connectivity index (χ3n) is 9.08. The molecular formula is C32H45N3O4. The summed E-state index contributed by atoms with van der Waals surface area (Å²) in [6.45, 7) is 3.28. The molecule has 39 heavy (non-hydrogen) atoms. The summed E-state index contributed by atoms with van der Waals surface area (Å²) in [5.41, 5.74) is 2.83. The Hall–Kier alpha value is -2.67. The van der Waals surface area contributed by atoms with Crippen LogP contribution < -0.4 is 10.6 Å². The van der Waals surface area contributed by atoms with Crippen molar-refractivity contribution in [2.24, 2.45) is 11.8 Å². The van der Waals surface area contributed by atoms with Crippen LogP contribution in [0.2, 0.25) is 0 Å². The number of nitrogens with zero attached hydrogens (tertiary/aromatic N) is 1. The van der Waals surface area contributed by atoms with Crippen LogP contribution >= 0.6 is 0 Å². The molecule has 3 aliphatic rings. The second-order valence-corrected chi connectivity index (χ2v) is 11.7. The number of hydrogen-bond donors (Lipinski definition) is 2. The number of benzene rings is 1. The van der Waals surface area contributed by atoms with Gasteiger partial charge in [-0.15, -0.1) is 0 Å². The van der Waals surface area contributed by atoms with Gasteiger partial charge in [-0.1, -0.05) is 69.2 Å². The molecule has 1 aromatic carbocycles. The lowest BCUT2D eigenvalue weighted by molar-refractivity contribution is -0.120. The number of carbonyl (C=O) groups excluding carboxylic acids is 2. The highest BCUT2D eigenvalue weighted by molar-refractivity contribution is 5.91. The van der Waals surface area contributed by atoms with Gasteiger partial charge in [0, 0.05) is 25.4 Å². The van der Waals surface area contributed by atoms with Gasteiger partial charge in [-0.2, -0.15) is 0 Å². The van der Waals surface area contributed by atoms with Crippen molar-refractivity contribution in [1.82, 2.24) is 15.6 Å². The highest BCUT2D eigenvalue weighted by Gasteiger charge is 2.51. The van der Waals surface area contributed by atoms with E-state index >= 15 is 0 Å². The lowest BCUT2D eigenvalue weighted by Gasteiger charge is -2.26.